The molecule has 2 aromatic rings. The Morgan fingerprint density at radius 1 is 1.17 bits per heavy atom. The molecule has 0 aliphatic carbocycles. The van der Waals surface area contributed by atoms with Crippen LogP contribution in [0, 0.1) is 9.52 Å². The van der Waals surface area contributed by atoms with E-state index in [9.17, 15) is 4.39 Å². The molecule has 0 radical (unpaired) electrons. The van der Waals surface area contributed by atoms with Gasteiger partial charge in [-0.25, -0.2) is 9.37 Å². The van der Waals surface area contributed by atoms with Crippen LogP contribution >= 0.6 is 22.6 Å². The van der Waals surface area contributed by atoms with Gasteiger partial charge in [0.25, 0.3) is 0 Å². The first-order chi connectivity index (χ1) is 5.75. The lowest BCUT2D eigenvalue weighted by molar-refractivity contribution is 0.629. The zero-order chi connectivity index (χ0) is 8.55. The molecule has 1 aromatic heterocycles. The van der Waals surface area contributed by atoms with E-state index in [-0.39, 0.29) is 5.82 Å². The zero-order valence-corrected chi connectivity index (χ0v) is 8.25. The van der Waals surface area contributed by atoms with Crippen LogP contribution in [0.1, 0.15) is 0 Å². The second kappa shape index (κ2) is 2.97. The molecule has 3 heteroatoms. The number of aromatic nitrogens is 1. The topological polar surface area (TPSA) is 12.9 Å². The van der Waals surface area contributed by atoms with E-state index in [2.05, 4.69) is 27.6 Å². The maximum absolute atomic E-state index is 12.7. The Morgan fingerprint density at radius 2 is 2.00 bits per heavy atom. The van der Waals surface area contributed by atoms with Crippen molar-refractivity contribution in [3.8, 4) is 0 Å². The first-order valence-corrected chi connectivity index (χ1v) is 4.55. The van der Waals surface area contributed by atoms with Crippen LogP contribution in [0.25, 0.3) is 10.9 Å². The van der Waals surface area contributed by atoms with Gasteiger partial charge in [-0.2, -0.15) is 0 Å². The number of nitrogens with zero attached hydrogens (tertiary/aromatic N) is 1. The molecule has 0 bridgehead atoms. The molecule has 1 aromatic carbocycles. The first-order valence-electron chi connectivity index (χ1n) is 3.47. The molecule has 0 saturated heterocycles. The maximum Gasteiger partial charge on any atom is 0.123 e. The molecule has 0 aliphatic heterocycles. The number of halogens is 2. The van der Waals surface area contributed by atoms with E-state index in [1.54, 1.807) is 6.07 Å². The Bertz CT molecular complexity index is 387. The Morgan fingerprint density at radius 3 is 2.83 bits per heavy atom. The molecule has 0 saturated carbocycles. The fraction of sp³-hybridized carbons (Fsp3) is 0. The summed E-state index contributed by atoms with van der Waals surface area (Å²) < 4.78 is 13.6. The Hall–Kier alpha value is -0.710. The second-order valence-corrected chi connectivity index (χ2v) is 3.58. The van der Waals surface area contributed by atoms with Crippen molar-refractivity contribution in [2.75, 3.05) is 0 Å². The lowest BCUT2D eigenvalue weighted by Gasteiger charge is -1.96. The molecule has 1 nitrogen and oxygen atoms in total. The fourth-order valence-corrected chi connectivity index (χ4v) is 1.51. The highest BCUT2D eigenvalue weighted by atomic mass is 127. The monoisotopic (exact) mass is 273 g/mol. The molecule has 0 N–H and O–H groups in total. The van der Waals surface area contributed by atoms with Crippen LogP contribution in [0.4, 0.5) is 4.39 Å². The SMILES string of the molecule is Fc1ccc2nc(I)ccc2c1. The van der Waals surface area contributed by atoms with Crippen LogP contribution in [0.15, 0.2) is 30.3 Å². The van der Waals surface area contributed by atoms with Crippen molar-refractivity contribution in [1.29, 1.82) is 0 Å². The van der Waals surface area contributed by atoms with E-state index >= 15 is 0 Å². The summed E-state index contributed by atoms with van der Waals surface area (Å²) in [4.78, 5) is 4.24. The van der Waals surface area contributed by atoms with E-state index < -0.39 is 0 Å². The molecule has 0 unspecified atom stereocenters. The minimum absolute atomic E-state index is 0.217. The van der Waals surface area contributed by atoms with Gasteiger partial charge in [-0.05, 0) is 46.9 Å². The summed E-state index contributed by atoms with van der Waals surface area (Å²) in [6.45, 7) is 0. The van der Waals surface area contributed by atoms with E-state index in [0.29, 0.717) is 0 Å². The van der Waals surface area contributed by atoms with Crippen LogP contribution in [0.5, 0.6) is 0 Å². The van der Waals surface area contributed by atoms with Crippen molar-refractivity contribution >= 4 is 33.5 Å². The number of fused-ring (bicyclic) bond motifs is 1. The van der Waals surface area contributed by atoms with Gasteiger partial charge in [0.05, 0.1) is 5.52 Å². The molecule has 2 rings (SSSR count). The van der Waals surface area contributed by atoms with Gasteiger partial charge in [-0.1, -0.05) is 6.07 Å². The number of hydrogen-bond acceptors (Lipinski definition) is 1. The van der Waals surface area contributed by atoms with Crippen molar-refractivity contribution < 1.29 is 4.39 Å². The van der Waals surface area contributed by atoms with Crippen molar-refractivity contribution in [2.45, 2.75) is 0 Å². The Kier molecular flexibility index (Phi) is 1.96. The molecule has 0 aliphatic rings. The van der Waals surface area contributed by atoms with Crippen molar-refractivity contribution in [3.05, 3.63) is 39.8 Å². The highest BCUT2D eigenvalue weighted by molar-refractivity contribution is 14.1. The highest BCUT2D eigenvalue weighted by Gasteiger charge is 1.96. The average Bonchev–Trinajstić information content (AvgIpc) is 2.05. The highest BCUT2D eigenvalue weighted by Crippen LogP contribution is 2.14. The van der Waals surface area contributed by atoms with Crippen LogP contribution in [0.2, 0.25) is 0 Å². The van der Waals surface area contributed by atoms with Crippen molar-refractivity contribution in [1.82, 2.24) is 4.98 Å². The summed E-state index contributed by atoms with van der Waals surface area (Å²) in [6, 6.07) is 8.33. The van der Waals surface area contributed by atoms with Gasteiger partial charge in [-0.15, -0.1) is 0 Å². The van der Waals surface area contributed by atoms with Crippen LogP contribution in [-0.2, 0) is 0 Å². The van der Waals surface area contributed by atoms with Gasteiger partial charge in [0.15, 0.2) is 0 Å². The summed E-state index contributed by atoms with van der Waals surface area (Å²) in [6.07, 6.45) is 0. The predicted molar refractivity (Wildman–Crippen MR) is 54.4 cm³/mol. The summed E-state index contributed by atoms with van der Waals surface area (Å²) in [7, 11) is 0. The van der Waals surface area contributed by atoms with Gasteiger partial charge in [0.1, 0.15) is 9.52 Å². The zero-order valence-electron chi connectivity index (χ0n) is 6.09. The molecule has 0 amide bonds. The van der Waals surface area contributed by atoms with Crippen molar-refractivity contribution in [2.24, 2.45) is 0 Å². The average molecular weight is 273 g/mol. The molecule has 60 valence electrons. The summed E-state index contributed by atoms with van der Waals surface area (Å²) >= 11 is 2.13. The van der Waals surface area contributed by atoms with E-state index in [4.69, 9.17) is 0 Å². The number of rotatable bonds is 0. The summed E-state index contributed by atoms with van der Waals surface area (Å²) in [5, 5.41) is 0.843. The Labute approximate surface area is 82.8 Å². The maximum atomic E-state index is 12.7. The van der Waals surface area contributed by atoms with E-state index in [1.165, 1.54) is 12.1 Å². The number of pyridine rings is 1. The van der Waals surface area contributed by atoms with Crippen molar-refractivity contribution in [3.63, 3.8) is 0 Å². The van der Waals surface area contributed by atoms with E-state index in [1.807, 2.05) is 12.1 Å². The standard InChI is InChI=1S/C9H5FIN/c10-7-2-3-8-6(5-7)1-4-9(11)12-8/h1-5H. The van der Waals surface area contributed by atoms with Crippen LogP contribution < -0.4 is 0 Å². The largest absolute Gasteiger partial charge is 0.242 e. The molecule has 0 spiro atoms. The molecular weight excluding hydrogens is 268 g/mol. The van der Waals surface area contributed by atoms with Gasteiger partial charge in [0, 0.05) is 5.39 Å². The first kappa shape index (κ1) is 7.91. The quantitative estimate of drug-likeness (QED) is 0.531. The van der Waals surface area contributed by atoms with Crippen LogP contribution in [-0.4, -0.2) is 4.98 Å². The molecular formula is C9H5FIN. The van der Waals surface area contributed by atoms with E-state index in [0.717, 1.165) is 14.6 Å². The van der Waals surface area contributed by atoms with Crippen LogP contribution in [0.3, 0.4) is 0 Å². The lowest BCUT2D eigenvalue weighted by atomic mass is 10.2. The number of hydrogen-bond donors (Lipinski definition) is 0. The third-order valence-electron chi connectivity index (χ3n) is 1.62. The normalized spacial score (nSPS) is 10.5. The molecule has 1 heterocycles. The smallest absolute Gasteiger partial charge is 0.123 e. The minimum Gasteiger partial charge on any atom is -0.242 e. The van der Waals surface area contributed by atoms with Gasteiger partial charge in [0.2, 0.25) is 0 Å². The molecule has 0 atom stereocenters. The third-order valence-corrected chi connectivity index (χ3v) is 2.22. The van der Waals surface area contributed by atoms with Gasteiger partial charge < -0.3 is 0 Å². The van der Waals surface area contributed by atoms with Gasteiger partial charge in [-0.3, -0.25) is 0 Å². The minimum atomic E-state index is -0.217. The summed E-state index contributed by atoms with van der Waals surface area (Å²) in [5.41, 5.74) is 0.836. The summed E-state index contributed by atoms with van der Waals surface area (Å²) in [5.74, 6) is -0.217. The van der Waals surface area contributed by atoms with Gasteiger partial charge >= 0.3 is 0 Å². The fourth-order valence-electron chi connectivity index (χ4n) is 1.07. The number of benzene rings is 1. The molecule has 12 heavy (non-hydrogen) atoms. The third kappa shape index (κ3) is 1.41. The molecule has 0 fully saturated rings. The predicted octanol–water partition coefficient (Wildman–Crippen LogP) is 2.98. The second-order valence-electron chi connectivity index (χ2n) is 2.47. The Balaban J connectivity index is 2.79. The lowest BCUT2D eigenvalue weighted by Crippen LogP contribution is -1.82.